The minimum absolute atomic E-state index is 0.0490. The summed E-state index contributed by atoms with van der Waals surface area (Å²) in [7, 11) is 0. The van der Waals surface area contributed by atoms with Gasteiger partial charge in [-0.3, -0.25) is 4.79 Å². The Hall–Kier alpha value is -2.66. The van der Waals surface area contributed by atoms with Gasteiger partial charge in [0.25, 0.3) is 5.89 Å². The van der Waals surface area contributed by atoms with Crippen LogP contribution < -0.4 is 4.74 Å². The highest BCUT2D eigenvalue weighted by Crippen LogP contribution is 2.37. The maximum absolute atomic E-state index is 11.4. The first-order valence-corrected chi connectivity index (χ1v) is 10.7. The number of ether oxygens (including phenoxy) is 1. The van der Waals surface area contributed by atoms with Crippen molar-refractivity contribution in [2.24, 2.45) is 11.8 Å². The van der Waals surface area contributed by atoms with E-state index in [1.54, 1.807) is 13.0 Å². The lowest BCUT2D eigenvalue weighted by Crippen LogP contribution is -2.30. The second-order valence-corrected chi connectivity index (χ2v) is 8.69. The molecule has 3 aromatic rings. The summed E-state index contributed by atoms with van der Waals surface area (Å²) in [4.78, 5) is 15.9. The highest BCUT2D eigenvalue weighted by molar-refractivity contribution is 6.32. The SMILES string of the molecule is CC(=O)C1CC(Cc2ccc(-c3nc(-c4ccc(OC(C)C)c(Cl)c4)no3)cc2)C1. The Morgan fingerprint density at radius 1 is 1.17 bits per heavy atom. The number of hydrogen-bond donors (Lipinski definition) is 0. The first kappa shape index (κ1) is 20.6. The van der Waals surface area contributed by atoms with Crippen molar-refractivity contribution in [1.29, 1.82) is 0 Å². The van der Waals surface area contributed by atoms with Crippen molar-refractivity contribution in [1.82, 2.24) is 10.1 Å². The molecule has 5 nitrogen and oxygen atoms in total. The van der Waals surface area contributed by atoms with E-state index < -0.39 is 0 Å². The Balaban J connectivity index is 1.43. The van der Waals surface area contributed by atoms with Gasteiger partial charge in [0.15, 0.2) is 0 Å². The molecule has 30 heavy (non-hydrogen) atoms. The van der Waals surface area contributed by atoms with Crippen molar-refractivity contribution in [3.8, 4) is 28.6 Å². The molecule has 0 amide bonds. The summed E-state index contributed by atoms with van der Waals surface area (Å²) in [6.45, 7) is 5.60. The third kappa shape index (κ3) is 4.57. The first-order valence-electron chi connectivity index (χ1n) is 10.3. The van der Waals surface area contributed by atoms with E-state index in [9.17, 15) is 4.79 Å². The van der Waals surface area contributed by atoms with Gasteiger partial charge in [-0.1, -0.05) is 28.9 Å². The molecule has 156 valence electrons. The molecule has 0 atom stereocenters. The zero-order chi connectivity index (χ0) is 21.3. The topological polar surface area (TPSA) is 65.2 Å². The summed E-state index contributed by atoms with van der Waals surface area (Å²) in [5.41, 5.74) is 2.91. The first-order chi connectivity index (χ1) is 14.4. The molecule has 1 aromatic heterocycles. The zero-order valence-electron chi connectivity index (χ0n) is 17.4. The van der Waals surface area contributed by atoms with Crippen LogP contribution in [0.3, 0.4) is 0 Å². The molecule has 2 aromatic carbocycles. The monoisotopic (exact) mass is 424 g/mol. The Morgan fingerprint density at radius 3 is 2.50 bits per heavy atom. The zero-order valence-corrected chi connectivity index (χ0v) is 18.1. The van der Waals surface area contributed by atoms with Crippen LogP contribution >= 0.6 is 11.6 Å². The van der Waals surface area contributed by atoms with Gasteiger partial charge in [-0.15, -0.1) is 0 Å². The number of nitrogens with zero attached hydrogens (tertiary/aromatic N) is 2. The van der Waals surface area contributed by atoms with E-state index in [0.717, 1.165) is 30.4 Å². The van der Waals surface area contributed by atoms with Crippen LogP contribution in [-0.2, 0) is 11.2 Å². The summed E-state index contributed by atoms with van der Waals surface area (Å²) in [6.07, 6.45) is 3.07. The number of carbonyl (C=O) groups excluding carboxylic acids is 1. The maximum Gasteiger partial charge on any atom is 0.258 e. The van der Waals surface area contributed by atoms with Crippen LogP contribution in [0.5, 0.6) is 5.75 Å². The average Bonchev–Trinajstić information content (AvgIpc) is 3.16. The molecular formula is C24H25ClN2O3. The lowest BCUT2D eigenvalue weighted by Gasteiger charge is -2.33. The van der Waals surface area contributed by atoms with Crippen LogP contribution in [0.1, 0.15) is 39.2 Å². The van der Waals surface area contributed by atoms with Crippen molar-refractivity contribution < 1.29 is 14.1 Å². The second-order valence-electron chi connectivity index (χ2n) is 8.28. The van der Waals surface area contributed by atoms with Crippen molar-refractivity contribution in [2.75, 3.05) is 0 Å². The van der Waals surface area contributed by atoms with E-state index in [0.29, 0.717) is 34.2 Å². The lowest BCUT2D eigenvalue weighted by atomic mass is 9.70. The third-order valence-corrected chi connectivity index (χ3v) is 5.81. The number of halogens is 1. The van der Waals surface area contributed by atoms with E-state index >= 15 is 0 Å². The Morgan fingerprint density at radius 2 is 1.87 bits per heavy atom. The van der Waals surface area contributed by atoms with E-state index in [1.807, 2.05) is 38.1 Å². The van der Waals surface area contributed by atoms with E-state index in [2.05, 4.69) is 22.3 Å². The van der Waals surface area contributed by atoms with Crippen molar-refractivity contribution in [2.45, 2.75) is 46.1 Å². The van der Waals surface area contributed by atoms with Gasteiger partial charge in [-0.2, -0.15) is 4.98 Å². The molecule has 1 aliphatic rings. The van der Waals surface area contributed by atoms with Crippen LogP contribution in [0, 0.1) is 11.8 Å². The molecule has 0 saturated heterocycles. The lowest BCUT2D eigenvalue weighted by molar-refractivity contribution is -0.124. The van der Waals surface area contributed by atoms with Crippen LogP contribution in [0.15, 0.2) is 47.0 Å². The maximum atomic E-state index is 11.4. The van der Waals surface area contributed by atoms with Gasteiger partial charge in [0, 0.05) is 17.0 Å². The highest BCUT2D eigenvalue weighted by atomic mass is 35.5. The van der Waals surface area contributed by atoms with Gasteiger partial charge in [0.2, 0.25) is 5.82 Å². The summed E-state index contributed by atoms with van der Waals surface area (Å²) >= 11 is 6.32. The molecule has 0 radical (unpaired) electrons. The molecule has 1 heterocycles. The van der Waals surface area contributed by atoms with Gasteiger partial charge in [-0.05, 0) is 81.8 Å². The van der Waals surface area contributed by atoms with Crippen molar-refractivity contribution in [3.63, 3.8) is 0 Å². The highest BCUT2D eigenvalue weighted by Gasteiger charge is 2.31. The van der Waals surface area contributed by atoms with Crippen LogP contribution in [0.4, 0.5) is 0 Å². The molecule has 0 spiro atoms. The fourth-order valence-corrected chi connectivity index (χ4v) is 4.02. The molecule has 1 fully saturated rings. The average molecular weight is 425 g/mol. The fourth-order valence-electron chi connectivity index (χ4n) is 3.80. The van der Waals surface area contributed by atoms with Crippen LogP contribution in [-0.4, -0.2) is 22.0 Å². The van der Waals surface area contributed by atoms with Gasteiger partial charge in [-0.25, -0.2) is 0 Å². The molecule has 1 saturated carbocycles. The van der Waals surface area contributed by atoms with E-state index in [-0.39, 0.29) is 12.0 Å². The van der Waals surface area contributed by atoms with Crippen LogP contribution in [0.25, 0.3) is 22.8 Å². The van der Waals surface area contributed by atoms with Crippen molar-refractivity contribution in [3.05, 3.63) is 53.1 Å². The minimum atomic E-state index is 0.0490. The molecule has 1 aliphatic carbocycles. The number of hydrogen-bond acceptors (Lipinski definition) is 5. The van der Waals surface area contributed by atoms with E-state index in [4.69, 9.17) is 20.9 Å². The summed E-state index contributed by atoms with van der Waals surface area (Å²) in [5.74, 6) is 2.78. The van der Waals surface area contributed by atoms with Crippen LogP contribution in [0.2, 0.25) is 5.02 Å². The standard InChI is InChI=1S/C24H25ClN2O3/c1-14(2)29-22-9-8-19(13-21(22)25)23-26-24(30-27-23)18-6-4-16(5-7-18)10-17-11-20(12-17)15(3)28/h4-9,13-14,17,20H,10-12H2,1-3H3. The van der Waals surface area contributed by atoms with Crippen molar-refractivity contribution >= 4 is 17.4 Å². The third-order valence-electron chi connectivity index (χ3n) is 5.51. The van der Waals surface area contributed by atoms with E-state index in [1.165, 1.54) is 5.56 Å². The number of benzene rings is 2. The Kier molecular flexibility index (Phi) is 5.91. The number of Topliss-reactive ketones (excluding diaryl/α,β-unsaturated/α-hetero) is 1. The number of ketones is 1. The van der Waals surface area contributed by atoms with Gasteiger partial charge in [0.1, 0.15) is 11.5 Å². The van der Waals surface area contributed by atoms with Gasteiger partial charge < -0.3 is 9.26 Å². The number of rotatable bonds is 7. The fraction of sp³-hybridized carbons (Fsp3) is 0.375. The smallest absolute Gasteiger partial charge is 0.258 e. The minimum Gasteiger partial charge on any atom is -0.489 e. The number of aromatic nitrogens is 2. The second kappa shape index (κ2) is 8.60. The number of carbonyl (C=O) groups is 1. The summed E-state index contributed by atoms with van der Waals surface area (Å²) < 4.78 is 11.1. The molecular weight excluding hydrogens is 400 g/mol. The quantitative estimate of drug-likeness (QED) is 0.465. The summed E-state index contributed by atoms with van der Waals surface area (Å²) in [6, 6.07) is 13.7. The largest absolute Gasteiger partial charge is 0.489 e. The van der Waals surface area contributed by atoms with Gasteiger partial charge in [0.05, 0.1) is 11.1 Å². The molecule has 0 unspecified atom stereocenters. The molecule has 0 N–H and O–H groups in total. The molecule has 0 aliphatic heterocycles. The predicted octanol–water partition coefficient (Wildman–Crippen LogP) is 6.00. The molecule has 4 rings (SSSR count). The Bertz CT molecular complexity index is 1040. The Labute approximate surface area is 181 Å². The predicted molar refractivity (Wildman–Crippen MR) is 117 cm³/mol. The van der Waals surface area contributed by atoms with Gasteiger partial charge >= 0.3 is 0 Å². The summed E-state index contributed by atoms with van der Waals surface area (Å²) in [5, 5.41) is 4.61. The normalized spacial score (nSPS) is 18.3. The molecule has 0 bridgehead atoms. The molecule has 6 heteroatoms.